The smallest absolute Gasteiger partial charge is 0.239 e. The number of rotatable bonds is 5. The summed E-state index contributed by atoms with van der Waals surface area (Å²) in [5.74, 6) is -0.720. The number of carbonyl (C=O) groups excluding carboxylic acids is 1. The molecular formula is C14H15F2N3O2. The maximum atomic E-state index is 13.6. The quantitative estimate of drug-likeness (QED) is 0.889. The third kappa shape index (κ3) is 4.09. The molecule has 1 aromatic carbocycles. The van der Waals surface area contributed by atoms with Gasteiger partial charge in [-0.15, -0.1) is 0 Å². The summed E-state index contributed by atoms with van der Waals surface area (Å²) in [5, 5.41) is 9.01. The van der Waals surface area contributed by atoms with Crippen molar-refractivity contribution in [3.8, 4) is 0 Å². The van der Waals surface area contributed by atoms with E-state index < -0.39 is 17.7 Å². The molecule has 0 bridgehead atoms. The predicted molar refractivity (Wildman–Crippen MR) is 72.6 cm³/mol. The van der Waals surface area contributed by atoms with E-state index in [-0.39, 0.29) is 12.5 Å². The van der Waals surface area contributed by atoms with Crippen LogP contribution in [0.5, 0.6) is 0 Å². The maximum absolute atomic E-state index is 13.6. The van der Waals surface area contributed by atoms with Crippen molar-refractivity contribution in [1.82, 2.24) is 10.5 Å². The lowest BCUT2D eigenvalue weighted by Crippen LogP contribution is -2.30. The topological polar surface area (TPSA) is 67.2 Å². The van der Waals surface area contributed by atoms with Crippen LogP contribution in [0.15, 0.2) is 28.8 Å². The first-order chi connectivity index (χ1) is 9.95. The second-order valence-electron chi connectivity index (χ2n) is 4.64. The summed E-state index contributed by atoms with van der Waals surface area (Å²) in [6.07, 6.45) is 0. The maximum Gasteiger partial charge on any atom is 0.239 e. The Morgan fingerprint density at radius 3 is 2.76 bits per heavy atom. The van der Waals surface area contributed by atoms with Crippen molar-refractivity contribution >= 4 is 11.7 Å². The molecular weight excluding hydrogens is 280 g/mol. The lowest BCUT2D eigenvalue weighted by Gasteiger charge is -2.14. The van der Waals surface area contributed by atoms with Crippen molar-refractivity contribution in [1.29, 1.82) is 0 Å². The average molecular weight is 295 g/mol. The standard InChI is InChI=1S/C14H15F2N3O2/c1-8-5-13(19-21-8)18-14(20)7-17-9(2)11-4-3-10(15)6-12(11)16/h3-6,9,17H,7H2,1-2H3,(H,18,19,20)/t9-/m0/s1. The van der Waals surface area contributed by atoms with E-state index in [1.54, 1.807) is 19.9 Å². The molecule has 0 aliphatic heterocycles. The van der Waals surface area contributed by atoms with E-state index in [1.807, 2.05) is 0 Å². The van der Waals surface area contributed by atoms with Crippen LogP contribution in [-0.4, -0.2) is 17.6 Å². The molecule has 0 saturated heterocycles. The molecule has 0 saturated carbocycles. The first kappa shape index (κ1) is 15.1. The number of hydrogen-bond donors (Lipinski definition) is 2. The van der Waals surface area contributed by atoms with Crippen molar-refractivity contribution in [2.75, 3.05) is 11.9 Å². The van der Waals surface area contributed by atoms with Gasteiger partial charge >= 0.3 is 0 Å². The fourth-order valence-electron chi connectivity index (χ4n) is 1.82. The van der Waals surface area contributed by atoms with E-state index >= 15 is 0 Å². The monoisotopic (exact) mass is 295 g/mol. The van der Waals surface area contributed by atoms with Gasteiger partial charge in [0.2, 0.25) is 5.91 Å². The van der Waals surface area contributed by atoms with Gasteiger partial charge in [-0.2, -0.15) is 0 Å². The SMILES string of the molecule is Cc1cc(NC(=O)CN[C@@H](C)c2ccc(F)cc2F)no1. The zero-order valence-electron chi connectivity index (χ0n) is 11.6. The van der Waals surface area contributed by atoms with Crippen molar-refractivity contribution in [2.45, 2.75) is 19.9 Å². The predicted octanol–water partition coefficient (Wildman–Crippen LogP) is 2.55. The van der Waals surface area contributed by atoms with Crippen LogP contribution in [-0.2, 0) is 4.79 Å². The molecule has 112 valence electrons. The highest BCUT2D eigenvalue weighted by Gasteiger charge is 2.13. The van der Waals surface area contributed by atoms with Gasteiger partial charge in [0.05, 0.1) is 6.54 Å². The van der Waals surface area contributed by atoms with Gasteiger partial charge in [0, 0.05) is 23.7 Å². The first-order valence-corrected chi connectivity index (χ1v) is 6.37. The van der Waals surface area contributed by atoms with E-state index in [1.165, 1.54) is 12.1 Å². The number of amides is 1. The van der Waals surface area contributed by atoms with Crippen molar-refractivity contribution in [3.63, 3.8) is 0 Å². The Hall–Kier alpha value is -2.28. The third-order valence-corrected chi connectivity index (χ3v) is 2.89. The summed E-state index contributed by atoms with van der Waals surface area (Å²) in [6.45, 7) is 3.36. The van der Waals surface area contributed by atoms with E-state index in [9.17, 15) is 13.6 Å². The Labute approximate surface area is 120 Å². The minimum absolute atomic E-state index is 0.0378. The van der Waals surface area contributed by atoms with Gasteiger partial charge < -0.3 is 15.2 Å². The molecule has 0 radical (unpaired) electrons. The molecule has 21 heavy (non-hydrogen) atoms. The molecule has 0 aliphatic rings. The summed E-state index contributed by atoms with van der Waals surface area (Å²) in [5.41, 5.74) is 0.293. The molecule has 7 heteroatoms. The summed E-state index contributed by atoms with van der Waals surface area (Å²) >= 11 is 0. The van der Waals surface area contributed by atoms with Crippen LogP contribution < -0.4 is 10.6 Å². The number of nitrogens with one attached hydrogen (secondary N) is 2. The average Bonchev–Trinajstić information content (AvgIpc) is 2.81. The van der Waals surface area contributed by atoms with Crippen LogP contribution in [0.2, 0.25) is 0 Å². The molecule has 1 atom stereocenters. The lowest BCUT2D eigenvalue weighted by atomic mass is 10.1. The molecule has 1 heterocycles. The second-order valence-corrected chi connectivity index (χ2v) is 4.64. The highest BCUT2D eigenvalue weighted by Crippen LogP contribution is 2.17. The molecule has 0 fully saturated rings. The number of aromatic nitrogens is 1. The summed E-state index contributed by atoms with van der Waals surface area (Å²) in [6, 6.07) is 4.48. The zero-order chi connectivity index (χ0) is 15.4. The number of halogens is 2. The Balaban J connectivity index is 1.88. The molecule has 2 rings (SSSR count). The van der Waals surface area contributed by atoms with Crippen LogP contribution in [0.1, 0.15) is 24.3 Å². The fourth-order valence-corrected chi connectivity index (χ4v) is 1.82. The minimum Gasteiger partial charge on any atom is -0.360 e. The van der Waals surface area contributed by atoms with Gasteiger partial charge in [0.15, 0.2) is 5.82 Å². The number of nitrogens with zero attached hydrogens (tertiary/aromatic N) is 1. The van der Waals surface area contributed by atoms with E-state index in [0.717, 1.165) is 6.07 Å². The Morgan fingerprint density at radius 2 is 2.14 bits per heavy atom. The van der Waals surface area contributed by atoms with Gasteiger partial charge in [0.25, 0.3) is 0 Å². The number of carbonyl (C=O) groups is 1. The van der Waals surface area contributed by atoms with E-state index in [0.29, 0.717) is 17.1 Å². The van der Waals surface area contributed by atoms with Crippen molar-refractivity contribution < 1.29 is 18.1 Å². The van der Waals surface area contributed by atoms with Crippen LogP contribution in [0.25, 0.3) is 0 Å². The van der Waals surface area contributed by atoms with Crippen molar-refractivity contribution in [3.05, 3.63) is 47.2 Å². The Bertz CT molecular complexity index is 643. The number of hydrogen-bond acceptors (Lipinski definition) is 4. The second kappa shape index (κ2) is 6.45. The van der Waals surface area contributed by atoms with Crippen LogP contribution in [0.3, 0.4) is 0 Å². The number of anilines is 1. The largest absolute Gasteiger partial charge is 0.360 e. The number of benzene rings is 1. The lowest BCUT2D eigenvalue weighted by molar-refractivity contribution is -0.115. The van der Waals surface area contributed by atoms with Gasteiger partial charge in [-0.25, -0.2) is 8.78 Å². The molecule has 2 N–H and O–H groups in total. The molecule has 0 unspecified atom stereocenters. The highest BCUT2D eigenvalue weighted by atomic mass is 19.1. The zero-order valence-corrected chi connectivity index (χ0v) is 11.6. The van der Waals surface area contributed by atoms with Gasteiger partial charge in [-0.1, -0.05) is 11.2 Å². The molecule has 0 aliphatic carbocycles. The molecule has 1 amide bonds. The van der Waals surface area contributed by atoms with Gasteiger partial charge in [-0.05, 0) is 19.9 Å². The third-order valence-electron chi connectivity index (χ3n) is 2.89. The van der Waals surface area contributed by atoms with Crippen molar-refractivity contribution in [2.24, 2.45) is 0 Å². The van der Waals surface area contributed by atoms with E-state index in [2.05, 4.69) is 15.8 Å². The molecule has 2 aromatic rings. The van der Waals surface area contributed by atoms with Crippen LogP contribution in [0.4, 0.5) is 14.6 Å². The van der Waals surface area contributed by atoms with Crippen LogP contribution in [0, 0.1) is 18.6 Å². The number of aryl methyl sites for hydroxylation is 1. The molecule has 1 aromatic heterocycles. The summed E-state index contributed by atoms with van der Waals surface area (Å²) < 4.78 is 31.2. The Morgan fingerprint density at radius 1 is 1.38 bits per heavy atom. The molecule has 5 nitrogen and oxygen atoms in total. The van der Waals surface area contributed by atoms with Crippen LogP contribution >= 0.6 is 0 Å². The Kier molecular flexibility index (Phi) is 4.64. The minimum atomic E-state index is -0.650. The highest BCUT2D eigenvalue weighted by molar-refractivity contribution is 5.91. The van der Waals surface area contributed by atoms with Gasteiger partial charge in [-0.3, -0.25) is 4.79 Å². The fraction of sp³-hybridized carbons (Fsp3) is 0.286. The van der Waals surface area contributed by atoms with E-state index in [4.69, 9.17) is 4.52 Å². The summed E-state index contributed by atoms with van der Waals surface area (Å²) in [7, 11) is 0. The van der Waals surface area contributed by atoms with Gasteiger partial charge in [0.1, 0.15) is 17.4 Å². The normalized spacial score (nSPS) is 12.2. The molecule has 0 spiro atoms. The summed E-state index contributed by atoms with van der Waals surface area (Å²) in [4.78, 5) is 11.7. The first-order valence-electron chi connectivity index (χ1n) is 6.37.